The third-order valence-electron chi connectivity index (χ3n) is 3.35. The van der Waals surface area contributed by atoms with Crippen molar-refractivity contribution in [3.05, 3.63) is 59.9 Å². The standard InChI is InChI=1S/C17H12F4N2O/c18-16(19)23-14-4-2-1-3-13(14)22-15(23)10-7-11-5-8-12(9-6-11)24-17(20)21/h1-10,16-17H/b10-7+. The van der Waals surface area contributed by atoms with Crippen LogP contribution in [0.2, 0.25) is 0 Å². The number of ether oxygens (including phenoxy) is 1. The Bertz CT molecular complexity index is 857. The van der Waals surface area contributed by atoms with Gasteiger partial charge in [0.15, 0.2) is 0 Å². The molecule has 2 aromatic carbocycles. The largest absolute Gasteiger partial charge is 0.435 e. The van der Waals surface area contributed by atoms with Gasteiger partial charge in [-0.3, -0.25) is 4.57 Å². The molecular formula is C17H12F4N2O. The van der Waals surface area contributed by atoms with E-state index in [1.54, 1.807) is 42.5 Å². The number of nitrogens with zero attached hydrogens (tertiary/aromatic N) is 2. The van der Waals surface area contributed by atoms with E-state index in [2.05, 4.69) is 9.72 Å². The number of fused-ring (bicyclic) bond motifs is 1. The molecule has 0 aliphatic heterocycles. The molecule has 124 valence electrons. The van der Waals surface area contributed by atoms with Crippen molar-refractivity contribution >= 4 is 23.2 Å². The first-order valence-corrected chi connectivity index (χ1v) is 7.02. The van der Waals surface area contributed by atoms with E-state index >= 15 is 0 Å². The number of rotatable bonds is 5. The van der Waals surface area contributed by atoms with Gasteiger partial charge < -0.3 is 4.74 Å². The van der Waals surface area contributed by atoms with Crippen LogP contribution >= 0.6 is 0 Å². The molecule has 0 aliphatic carbocycles. The van der Waals surface area contributed by atoms with Crippen molar-refractivity contribution in [1.82, 2.24) is 9.55 Å². The summed E-state index contributed by atoms with van der Waals surface area (Å²) >= 11 is 0. The minimum Gasteiger partial charge on any atom is -0.435 e. The van der Waals surface area contributed by atoms with Crippen LogP contribution in [0.4, 0.5) is 17.6 Å². The van der Waals surface area contributed by atoms with Gasteiger partial charge in [-0.15, -0.1) is 0 Å². The Hall–Kier alpha value is -2.83. The Balaban J connectivity index is 1.89. The van der Waals surface area contributed by atoms with Crippen LogP contribution in [0.15, 0.2) is 48.5 Å². The summed E-state index contributed by atoms with van der Waals surface area (Å²) in [5.74, 6) is 0.140. The molecule has 0 atom stereocenters. The van der Waals surface area contributed by atoms with E-state index in [1.807, 2.05) is 0 Å². The Labute approximate surface area is 134 Å². The molecule has 3 nitrogen and oxygen atoms in total. The second-order valence-electron chi connectivity index (χ2n) is 4.89. The summed E-state index contributed by atoms with van der Waals surface area (Å²) < 4.78 is 55.9. The molecule has 0 aliphatic rings. The molecule has 0 spiro atoms. The lowest BCUT2D eigenvalue weighted by Gasteiger charge is -2.05. The minimum absolute atomic E-state index is 0.0296. The predicted octanol–water partition coefficient (Wildman–Crippen LogP) is 5.20. The van der Waals surface area contributed by atoms with Gasteiger partial charge in [0.05, 0.1) is 11.0 Å². The van der Waals surface area contributed by atoms with Gasteiger partial charge >= 0.3 is 13.2 Å². The summed E-state index contributed by atoms with van der Waals surface area (Å²) in [5.41, 5.74) is 1.45. The number of imidazole rings is 1. The fourth-order valence-corrected chi connectivity index (χ4v) is 2.32. The summed E-state index contributed by atoms with van der Waals surface area (Å²) in [4.78, 5) is 4.18. The highest BCUT2D eigenvalue weighted by Gasteiger charge is 2.15. The lowest BCUT2D eigenvalue weighted by Crippen LogP contribution is -2.01. The highest BCUT2D eigenvalue weighted by molar-refractivity contribution is 5.80. The summed E-state index contributed by atoms with van der Waals surface area (Å²) in [7, 11) is 0. The number of hydrogen-bond acceptors (Lipinski definition) is 2. The Morgan fingerprint density at radius 1 is 0.917 bits per heavy atom. The fourth-order valence-electron chi connectivity index (χ4n) is 2.32. The molecule has 0 amide bonds. The van der Waals surface area contributed by atoms with Gasteiger partial charge in [-0.2, -0.15) is 17.6 Å². The van der Waals surface area contributed by atoms with Crippen LogP contribution < -0.4 is 4.74 Å². The van der Waals surface area contributed by atoms with Gasteiger partial charge in [0.1, 0.15) is 11.6 Å². The van der Waals surface area contributed by atoms with Crippen LogP contribution in [0.1, 0.15) is 17.9 Å². The van der Waals surface area contributed by atoms with Crippen LogP contribution in [-0.4, -0.2) is 16.2 Å². The van der Waals surface area contributed by atoms with Crippen molar-refractivity contribution in [3.8, 4) is 5.75 Å². The van der Waals surface area contributed by atoms with E-state index in [1.165, 1.54) is 18.2 Å². The van der Waals surface area contributed by atoms with Crippen LogP contribution in [0.25, 0.3) is 23.2 Å². The van der Waals surface area contributed by atoms with Gasteiger partial charge in [0, 0.05) is 0 Å². The molecule has 0 fully saturated rings. The topological polar surface area (TPSA) is 27.1 Å². The predicted molar refractivity (Wildman–Crippen MR) is 83.0 cm³/mol. The molecule has 0 saturated heterocycles. The number of aromatic nitrogens is 2. The molecule has 1 heterocycles. The molecule has 0 bridgehead atoms. The van der Waals surface area contributed by atoms with Gasteiger partial charge in [-0.25, -0.2) is 4.98 Å². The van der Waals surface area contributed by atoms with Crippen LogP contribution in [-0.2, 0) is 0 Å². The third-order valence-corrected chi connectivity index (χ3v) is 3.35. The van der Waals surface area contributed by atoms with Crippen molar-refractivity contribution in [2.45, 2.75) is 13.2 Å². The lowest BCUT2D eigenvalue weighted by molar-refractivity contribution is -0.0498. The number of hydrogen-bond donors (Lipinski definition) is 0. The maximum atomic E-state index is 13.3. The first-order chi connectivity index (χ1) is 11.5. The van der Waals surface area contributed by atoms with Crippen molar-refractivity contribution in [2.24, 2.45) is 0 Å². The zero-order valence-corrected chi connectivity index (χ0v) is 12.2. The average Bonchev–Trinajstić information content (AvgIpc) is 2.92. The van der Waals surface area contributed by atoms with Crippen molar-refractivity contribution in [3.63, 3.8) is 0 Å². The SMILES string of the molecule is FC(F)Oc1ccc(/C=C/c2nc3ccccc3n2C(F)F)cc1. The van der Waals surface area contributed by atoms with Crippen molar-refractivity contribution in [1.29, 1.82) is 0 Å². The summed E-state index contributed by atoms with van der Waals surface area (Å²) in [6.45, 7) is -5.61. The molecule has 0 saturated carbocycles. The van der Waals surface area contributed by atoms with Crippen LogP contribution in [0.3, 0.4) is 0 Å². The van der Waals surface area contributed by atoms with E-state index in [9.17, 15) is 17.6 Å². The molecule has 3 rings (SSSR count). The summed E-state index contributed by atoms with van der Waals surface area (Å²) in [6.07, 6.45) is 3.03. The monoisotopic (exact) mass is 336 g/mol. The molecule has 0 unspecified atom stereocenters. The van der Waals surface area contributed by atoms with E-state index in [-0.39, 0.29) is 11.6 Å². The van der Waals surface area contributed by atoms with Gasteiger partial charge in [-0.1, -0.05) is 30.3 Å². The maximum absolute atomic E-state index is 13.3. The van der Waals surface area contributed by atoms with E-state index in [0.717, 1.165) is 4.57 Å². The highest BCUT2D eigenvalue weighted by atomic mass is 19.3. The van der Waals surface area contributed by atoms with E-state index < -0.39 is 13.2 Å². The number of alkyl halides is 4. The first-order valence-electron chi connectivity index (χ1n) is 7.02. The van der Waals surface area contributed by atoms with Gasteiger partial charge in [0.2, 0.25) is 0 Å². The Morgan fingerprint density at radius 2 is 1.62 bits per heavy atom. The Kier molecular flexibility index (Phi) is 4.50. The molecule has 0 radical (unpaired) electrons. The zero-order chi connectivity index (χ0) is 17.1. The Morgan fingerprint density at radius 3 is 2.29 bits per heavy atom. The first kappa shape index (κ1) is 16.0. The molecule has 3 aromatic rings. The quantitative estimate of drug-likeness (QED) is 0.599. The van der Waals surface area contributed by atoms with E-state index in [0.29, 0.717) is 16.6 Å². The minimum atomic E-state index is -2.89. The van der Waals surface area contributed by atoms with Crippen molar-refractivity contribution in [2.75, 3.05) is 0 Å². The smallest absolute Gasteiger partial charge is 0.387 e. The van der Waals surface area contributed by atoms with Crippen molar-refractivity contribution < 1.29 is 22.3 Å². The number of benzene rings is 2. The lowest BCUT2D eigenvalue weighted by atomic mass is 10.2. The second-order valence-corrected chi connectivity index (χ2v) is 4.89. The molecule has 7 heteroatoms. The normalized spacial score (nSPS) is 11.9. The maximum Gasteiger partial charge on any atom is 0.387 e. The third kappa shape index (κ3) is 3.40. The van der Waals surface area contributed by atoms with Gasteiger partial charge in [0.25, 0.3) is 0 Å². The average molecular weight is 336 g/mol. The summed E-state index contributed by atoms with van der Waals surface area (Å²) in [5, 5.41) is 0. The molecule has 24 heavy (non-hydrogen) atoms. The molecular weight excluding hydrogens is 324 g/mol. The number of halogens is 4. The van der Waals surface area contributed by atoms with Crippen LogP contribution in [0, 0.1) is 0 Å². The zero-order valence-electron chi connectivity index (χ0n) is 12.2. The van der Waals surface area contributed by atoms with Crippen LogP contribution in [0.5, 0.6) is 5.75 Å². The fraction of sp³-hybridized carbons (Fsp3) is 0.118. The van der Waals surface area contributed by atoms with Gasteiger partial charge in [-0.05, 0) is 35.9 Å². The second kappa shape index (κ2) is 6.74. The molecule has 0 N–H and O–H groups in total. The highest BCUT2D eigenvalue weighted by Crippen LogP contribution is 2.24. The van der Waals surface area contributed by atoms with E-state index in [4.69, 9.17) is 0 Å². The molecule has 1 aromatic heterocycles. The number of para-hydroxylation sites is 2. The summed E-state index contributed by atoms with van der Waals surface area (Å²) in [6, 6.07) is 12.5.